The minimum Gasteiger partial charge on any atom is -0.507 e. The number of rotatable bonds is 3. The van der Waals surface area contributed by atoms with Crippen LogP contribution in [0.4, 0.5) is 5.13 Å². The van der Waals surface area contributed by atoms with Crippen molar-refractivity contribution >= 4 is 55.7 Å². The molecule has 180 valence electrons. The lowest BCUT2D eigenvalue weighted by atomic mass is 9.95. The van der Waals surface area contributed by atoms with Crippen LogP contribution in [0.5, 0.6) is 11.5 Å². The standard InChI is InChI=1S/C27H19ClN2O5S/c1-14-5-7-18-21(11-14)36-27(29-18)30-23(15-3-2-4-17(28)12-15)22(25(32)26(30)33)24(31)16-6-8-19-20(13-16)35-10-9-34-19/h2-8,11-13,23,31H,9-10H2,1H3/b24-22+/t23-/m1/s1. The topological polar surface area (TPSA) is 89.0 Å². The van der Waals surface area contributed by atoms with Crippen LogP contribution in [0.3, 0.4) is 0 Å². The van der Waals surface area contributed by atoms with Crippen LogP contribution in [-0.4, -0.2) is 35.0 Å². The van der Waals surface area contributed by atoms with E-state index >= 15 is 0 Å². The molecular formula is C27H19ClN2O5S. The molecule has 0 radical (unpaired) electrons. The molecule has 1 aromatic heterocycles. The number of thiazole rings is 1. The van der Waals surface area contributed by atoms with Gasteiger partial charge in [0.25, 0.3) is 5.78 Å². The molecule has 6 rings (SSSR count). The van der Waals surface area contributed by atoms with Crippen molar-refractivity contribution in [2.24, 2.45) is 0 Å². The Balaban J connectivity index is 1.54. The SMILES string of the molecule is Cc1ccc2nc(N3C(=O)C(=O)/C(=C(/O)c4ccc5c(c4)OCCO5)[C@H]3c3cccc(Cl)c3)sc2c1. The highest BCUT2D eigenvalue weighted by Gasteiger charge is 2.48. The van der Waals surface area contributed by atoms with Crippen LogP contribution in [0.15, 0.2) is 66.2 Å². The van der Waals surface area contributed by atoms with Crippen LogP contribution in [0.1, 0.15) is 22.7 Å². The summed E-state index contributed by atoms with van der Waals surface area (Å²) < 4.78 is 12.1. The Morgan fingerprint density at radius 2 is 1.86 bits per heavy atom. The number of carbonyl (C=O) groups excluding carboxylic acids is 2. The van der Waals surface area contributed by atoms with Gasteiger partial charge in [-0.25, -0.2) is 4.98 Å². The van der Waals surface area contributed by atoms with Crippen LogP contribution in [-0.2, 0) is 9.59 Å². The normalized spacial score (nSPS) is 18.7. The molecule has 0 saturated carbocycles. The van der Waals surface area contributed by atoms with Gasteiger partial charge in [0.05, 0.1) is 21.8 Å². The number of aryl methyl sites for hydroxylation is 1. The van der Waals surface area contributed by atoms with Crippen LogP contribution >= 0.6 is 22.9 Å². The van der Waals surface area contributed by atoms with Crippen LogP contribution < -0.4 is 14.4 Å². The number of ketones is 1. The summed E-state index contributed by atoms with van der Waals surface area (Å²) in [6, 6.07) is 16.7. The van der Waals surface area contributed by atoms with E-state index in [4.69, 9.17) is 21.1 Å². The molecular weight excluding hydrogens is 500 g/mol. The van der Waals surface area contributed by atoms with Gasteiger partial charge in [-0.15, -0.1) is 0 Å². The summed E-state index contributed by atoms with van der Waals surface area (Å²) in [6.07, 6.45) is 0. The molecule has 1 fully saturated rings. The molecule has 0 bridgehead atoms. The lowest BCUT2D eigenvalue weighted by molar-refractivity contribution is -0.132. The zero-order valence-corrected chi connectivity index (χ0v) is 20.6. The summed E-state index contributed by atoms with van der Waals surface area (Å²) in [4.78, 5) is 32.8. The number of amides is 1. The van der Waals surface area contributed by atoms with Gasteiger partial charge in [0, 0.05) is 10.6 Å². The van der Waals surface area contributed by atoms with Crippen LogP contribution in [0.2, 0.25) is 5.02 Å². The van der Waals surface area contributed by atoms with Gasteiger partial charge in [0.1, 0.15) is 19.0 Å². The Kier molecular flexibility index (Phi) is 5.43. The molecule has 3 heterocycles. The minimum atomic E-state index is -0.918. The van der Waals surface area contributed by atoms with Gasteiger partial charge in [0.2, 0.25) is 0 Å². The van der Waals surface area contributed by atoms with Crippen molar-refractivity contribution in [1.29, 1.82) is 0 Å². The first-order valence-corrected chi connectivity index (χ1v) is 12.4. The number of aliphatic hydroxyl groups is 1. The van der Waals surface area contributed by atoms with Crippen molar-refractivity contribution < 1.29 is 24.2 Å². The Morgan fingerprint density at radius 3 is 2.67 bits per heavy atom. The Morgan fingerprint density at radius 1 is 1.06 bits per heavy atom. The number of ether oxygens (including phenoxy) is 2. The molecule has 1 N–H and O–H groups in total. The summed E-state index contributed by atoms with van der Waals surface area (Å²) in [7, 11) is 0. The minimum absolute atomic E-state index is 0.0469. The first kappa shape index (κ1) is 22.6. The summed E-state index contributed by atoms with van der Waals surface area (Å²) in [5.41, 5.74) is 2.65. The molecule has 0 spiro atoms. The lowest BCUT2D eigenvalue weighted by Crippen LogP contribution is -2.29. The van der Waals surface area contributed by atoms with Crippen molar-refractivity contribution in [1.82, 2.24) is 4.98 Å². The average molecular weight is 519 g/mol. The largest absolute Gasteiger partial charge is 0.507 e. The molecule has 2 aliphatic heterocycles. The summed E-state index contributed by atoms with van der Waals surface area (Å²) >= 11 is 7.60. The number of nitrogens with zero attached hydrogens (tertiary/aromatic N) is 2. The van der Waals surface area contributed by atoms with Gasteiger partial charge in [-0.05, 0) is 60.5 Å². The molecule has 0 unspecified atom stereocenters. The summed E-state index contributed by atoms with van der Waals surface area (Å²) in [6.45, 7) is 2.78. The van der Waals surface area contributed by atoms with Gasteiger partial charge in [-0.3, -0.25) is 14.5 Å². The first-order valence-electron chi connectivity index (χ1n) is 11.2. The van der Waals surface area contributed by atoms with E-state index < -0.39 is 17.7 Å². The highest BCUT2D eigenvalue weighted by atomic mass is 35.5. The number of halogens is 1. The van der Waals surface area contributed by atoms with Crippen molar-refractivity contribution in [3.05, 3.63) is 87.9 Å². The fourth-order valence-corrected chi connectivity index (χ4v) is 5.78. The molecule has 3 aromatic carbocycles. The molecule has 1 atom stereocenters. The molecule has 4 aromatic rings. The highest BCUT2D eigenvalue weighted by molar-refractivity contribution is 7.22. The number of Topliss-reactive ketones (excluding diaryl/α,β-unsaturated/α-hetero) is 1. The number of aliphatic hydroxyl groups excluding tert-OH is 1. The fraction of sp³-hybridized carbons (Fsp3) is 0.148. The molecule has 1 amide bonds. The predicted molar refractivity (Wildman–Crippen MR) is 138 cm³/mol. The van der Waals surface area contributed by atoms with Gasteiger partial charge in [0.15, 0.2) is 16.6 Å². The van der Waals surface area contributed by atoms with E-state index in [-0.39, 0.29) is 11.3 Å². The molecule has 2 aliphatic rings. The van der Waals surface area contributed by atoms with E-state index in [1.54, 1.807) is 42.5 Å². The Labute approximate surface area is 215 Å². The zero-order chi connectivity index (χ0) is 25.0. The van der Waals surface area contributed by atoms with Gasteiger partial charge < -0.3 is 14.6 Å². The van der Waals surface area contributed by atoms with Gasteiger partial charge in [-0.1, -0.05) is 41.1 Å². The van der Waals surface area contributed by atoms with Gasteiger partial charge >= 0.3 is 5.91 Å². The maximum Gasteiger partial charge on any atom is 0.301 e. The average Bonchev–Trinajstić information content (AvgIpc) is 3.41. The van der Waals surface area contributed by atoms with Crippen LogP contribution in [0.25, 0.3) is 16.0 Å². The highest BCUT2D eigenvalue weighted by Crippen LogP contribution is 2.45. The maximum atomic E-state index is 13.4. The number of carbonyl (C=O) groups is 2. The molecule has 9 heteroatoms. The number of anilines is 1. The fourth-order valence-electron chi connectivity index (χ4n) is 4.49. The van der Waals surface area contributed by atoms with E-state index in [9.17, 15) is 14.7 Å². The third-order valence-electron chi connectivity index (χ3n) is 6.16. The quantitative estimate of drug-likeness (QED) is 0.214. The zero-order valence-electron chi connectivity index (χ0n) is 19.0. The molecule has 0 aliphatic carbocycles. The monoisotopic (exact) mass is 518 g/mol. The Hall–Kier alpha value is -3.88. The third kappa shape index (κ3) is 3.70. The van der Waals surface area contributed by atoms with Crippen molar-refractivity contribution in [2.45, 2.75) is 13.0 Å². The molecule has 7 nitrogen and oxygen atoms in total. The second kappa shape index (κ2) is 8.65. The number of hydrogen-bond donors (Lipinski definition) is 1. The number of benzene rings is 3. The first-order chi connectivity index (χ1) is 17.4. The van der Waals surface area contributed by atoms with Crippen molar-refractivity contribution in [3.63, 3.8) is 0 Å². The van der Waals surface area contributed by atoms with Crippen molar-refractivity contribution in [3.8, 4) is 11.5 Å². The number of fused-ring (bicyclic) bond motifs is 2. The van der Waals surface area contributed by atoms with E-state index in [0.29, 0.717) is 46.0 Å². The second-order valence-electron chi connectivity index (χ2n) is 8.55. The molecule has 1 saturated heterocycles. The van der Waals surface area contributed by atoms with E-state index in [2.05, 4.69) is 4.98 Å². The van der Waals surface area contributed by atoms with Crippen LogP contribution in [0, 0.1) is 6.92 Å². The maximum absolute atomic E-state index is 13.4. The Bertz CT molecular complexity index is 1590. The summed E-state index contributed by atoms with van der Waals surface area (Å²) in [5.74, 6) is -0.873. The number of hydrogen-bond acceptors (Lipinski definition) is 7. The lowest BCUT2D eigenvalue weighted by Gasteiger charge is -2.23. The van der Waals surface area contributed by atoms with Gasteiger partial charge in [-0.2, -0.15) is 0 Å². The smallest absolute Gasteiger partial charge is 0.301 e. The van der Waals surface area contributed by atoms with E-state index in [1.807, 2.05) is 25.1 Å². The van der Waals surface area contributed by atoms with E-state index in [1.165, 1.54) is 16.2 Å². The van der Waals surface area contributed by atoms with E-state index in [0.717, 1.165) is 15.8 Å². The van der Waals surface area contributed by atoms with Crippen molar-refractivity contribution in [2.75, 3.05) is 18.1 Å². The third-order valence-corrected chi connectivity index (χ3v) is 7.42. The second-order valence-corrected chi connectivity index (χ2v) is 10.00. The predicted octanol–water partition coefficient (Wildman–Crippen LogP) is 5.66. The summed E-state index contributed by atoms with van der Waals surface area (Å²) in [5, 5.41) is 12.2. The number of aromatic nitrogens is 1. The molecule has 36 heavy (non-hydrogen) atoms.